The molecule has 362 valence electrons. The molecule has 63 heavy (non-hydrogen) atoms. The third-order valence-electron chi connectivity index (χ3n) is 11.1. The van der Waals surface area contributed by atoms with Crippen LogP contribution in [0.3, 0.4) is 0 Å². The van der Waals surface area contributed by atoms with E-state index in [9.17, 15) is 19.5 Å². The number of carbonyl (C=O) groups is 3. The Morgan fingerprint density at radius 2 is 0.889 bits per heavy atom. The Labute approximate surface area is 387 Å². The average Bonchev–Trinajstić information content (AvgIpc) is 3.24. The van der Waals surface area contributed by atoms with Gasteiger partial charge in [-0.3, -0.25) is 9.59 Å². The zero-order valence-corrected chi connectivity index (χ0v) is 41.3. The van der Waals surface area contributed by atoms with Gasteiger partial charge in [-0.05, 0) is 83.5 Å². The highest BCUT2D eigenvalue weighted by atomic mass is 16.6. The molecule has 0 fully saturated rings. The summed E-state index contributed by atoms with van der Waals surface area (Å²) in [5.74, 6) is -1.49. The Morgan fingerprint density at radius 1 is 0.492 bits per heavy atom. The van der Waals surface area contributed by atoms with Gasteiger partial charge in [-0.25, -0.2) is 4.79 Å². The quantitative estimate of drug-likeness (QED) is 0.0281. The topological polar surface area (TPSA) is 99.1 Å². The van der Waals surface area contributed by atoms with E-state index in [4.69, 9.17) is 14.2 Å². The number of esters is 2. The minimum absolute atomic E-state index is 0.0535. The van der Waals surface area contributed by atoms with Crippen LogP contribution in [0.15, 0.2) is 72.9 Å². The lowest BCUT2D eigenvalue weighted by atomic mass is 10.1. The van der Waals surface area contributed by atoms with E-state index in [2.05, 4.69) is 86.8 Å². The van der Waals surface area contributed by atoms with Gasteiger partial charge in [-0.15, -0.1) is 0 Å². The summed E-state index contributed by atoms with van der Waals surface area (Å²) in [5.41, 5.74) is 0. The number of carboxylic acids is 1. The lowest BCUT2D eigenvalue weighted by Crippen LogP contribution is -2.50. The third-order valence-corrected chi connectivity index (χ3v) is 11.1. The molecule has 0 aliphatic heterocycles. The van der Waals surface area contributed by atoms with E-state index < -0.39 is 18.1 Å². The summed E-state index contributed by atoms with van der Waals surface area (Å²) >= 11 is 0. The number of aliphatic carboxylic acids is 1. The van der Waals surface area contributed by atoms with E-state index in [-0.39, 0.29) is 36.2 Å². The molecule has 0 amide bonds. The highest BCUT2D eigenvalue weighted by molar-refractivity contribution is 5.72. The first kappa shape index (κ1) is 59.8. The average molecular weight is 883 g/mol. The summed E-state index contributed by atoms with van der Waals surface area (Å²) in [7, 11) is 5.53. The lowest BCUT2D eigenvalue weighted by Gasteiger charge is -2.31. The van der Waals surface area contributed by atoms with Gasteiger partial charge in [-0.2, -0.15) is 0 Å². The van der Waals surface area contributed by atoms with E-state index >= 15 is 0 Å². The van der Waals surface area contributed by atoms with Gasteiger partial charge in [0.2, 0.25) is 0 Å². The maximum atomic E-state index is 12.8. The van der Waals surface area contributed by atoms with Gasteiger partial charge >= 0.3 is 17.9 Å². The Morgan fingerprint density at radius 3 is 1.32 bits per heavy atom. The predicted molar refractivity (Wildman–Crippen MR) is 266 cm³/mol. The van der Waals surface area contributed by atoms with E-state index in [1.54, 1.807) is 0 Å². The standard InChI is InChI=1S/C55H95NO7/c1-6-8-10-12-14-16-18-20-22-24-25-26-27-28-30-32-34-36-38-40-42-44-46-54(58)63-51(49-61-48-47-52(55(59)60)56(3,4)5)50-62-53(57)45-43-41-39-37-35-33-31-29-23-21-19-17-15-13-11-9-7-2/h8,10,14-17,20-23,25-26,51-52H,6-7,9,11-13,18-19,24,27-50H2,1-5H3/p+1/b10-8+,16-14+,17-15+,22-20+,23-21+,26-25+. The second kappa shape index (κ2) is 45.3. The predicted octanol–water partition coefficient (Wildman–Crippen LogP) is 14.7. The van der Waals surface area contributed by atoms with Crippen molar-refractivity contribution < 1.29 is 38.2 Å². The molecule has 0 aromatic rings. The normalized spacial score (nSPS) is 13.5. The van der Waals surface area contributed by atoms with E-state index in [1.165, 1.54) is 89.9 Å². The number of likely N-dealkylation sites (N-methyl/N-ethyl adjacent to an activating group) is 1. The van der Waals surface area contributed by atoms with Crippen molar-refractivity contribution in [3.05, 3.63) is 72.9 Å². The van der Waals surface area contributed by atoms with Crippen molar-refractivity contribution in [1.29, 1.82) is 0 Å². The number of carboxylic acid groups (broad SMARTS) is 1. The molecular weight excluding hydrogens is 787 g/mol. The van der Waals surface area contributed by atoms with Crippen LogP contribution < -0.4 is 0 Å². The molecule has 1 N–H and O–H groups in total. The Hall–Kier alpha value is -3.23. The second-order valence-corrected chi connectivity index (χ2v) is 18.0. The Balaban J connectivity index is 4.28. The summed E-state index contributed by atoms with van der Waals surface area (Å²) in [5, 5.41) is 9.65. The van der Waals surface area contributed by atoms with Crippen molar-refractivity contribution in [2.45, 2.75) is 219 Å². The zero-order chi connectivity index (χ0) is 46.3. The summed E-state index contributed by atoms with van der Waals surface area (Å²) in [6.45, 7) is 4.59. The summed E-state index contributed by atoms with van der Waals surface area (Å²) in [6, 6.07) is -0.620. The zero-order valence-electron chi connectivity index (χ0n) is 41.3. The fraction of sp³-hybridized carbons (Fsp3) is 0.727. The molecule has 0 aliphatic carbocycles. The van der Waals surface area contributed by atoms with Gasteiger partial charge in [0.05, 0.1) is 34.4 Å². The van der Waals surface area contributed by atoms with Crippen LogP contribution in [0.1, 0.15) is 206 Å². The van der Waals surface area contributed by atoms with Crippen LogP contribution >= 0.6 is 0 Å². The molecule has 0 saturated carbocycles. The first-order valence-electron chi connectivity index (χ1n) is 25.5. The third kappa shape index (κ3) is 43.8. The summed E-state index contributed by atoms with van der Waals surface area (Å²) < 4.78 is 17.3. The van der Waals surface area contributed by atoms with E-state index in [1.807, 2.05) is 21.1 Å². The largest absolute Gasteiger partial charge is 0.477 e. The Kier molecular flexibility index (Phi) is 43.0. The van der Waals surface area contributed by atoms with Crippen LogP contribution in [-0.2, 0) is 28.6 Å². The van der Waals surface area contributed by atoms with Gasteiger partial charge in [0.15, 0.2) is 12.1 Å². The molecule has 0 rings (SSSR count). The number of ether oxygens (including phenoxy) is 3. The van der Waals surface area contributed by atoms with Gasteiger partial charge in [0, 0.05) is 19.3 Å². The number of carbonyl (C=O) groups excluding carboxylic acids is 2. The fourth-order valence-corrected chi connectivity index (χ4v) is 7.17. The molecule has 0 radical (unpaired) electrons. The number of unbranched alkanes of at least 4 members (excludes halogenated alkanes) is 19. The minimum Gasteiger partial charge on any atom is -0.477 e. The number of allylic oxidation sites excluding steroid dienone is 12. The maximum Gasteiger partial charge on any atom is 0.362 e. The summed E-state index contributed by atoms with van der Waals surface area (Å²) in [4.78, 5) is 37.2. The molecule has 2 unspecified atom stereocenters. The number of nitrogens with zero attached hydrogens (tertiary/aromatic N) is 1. The molecule has 0 bridgehead atoms. The molecule has 0 aromatic carbocycles. The molecule has 0 aromatic heterocycles. The molecule has 8 nitrogen and oxygen atoms in total. The van der Waals surface area contributed by atoms with Crippen LogP contribution in [0.5, 0.6) is 0 Å². The van der Waals surface area contributed by atoms with Crippen molar-refractivity contribution in [3.63, 3.8) is 0 Å². The Bertz CT molecular complexity index is 1260. The molecule has 0 aliphatic rings. The molecule has 0 heterocycles. The van der Waals surface area contributed by atoms with Crippen LogP contribution in [-0.4, -0.2) is 80.6 Å². The van der Waals surface area contributed by atoms with Gasteiger partial charge in [-0.1, -0.05) is 177 Å². The van der Waals surface area contributed by atoms with E-state index in [0.717, 1.165) is 83.5 Å². The van der Waals surface area contributed by atoms with Crippen molar-refractivity contribution in [2.75, 3.05) is 41.0 Å². The molecule has 2 atom stereocenters. The van der Waals surface area contributed by atoms with Crippen molar-refractivity contribution in [2.24, 2.45) is 0 Å². The number of quaternary nitrogens is 1. The SMILES string of the molecule is CC/C=C/C/C=C/C/C=C/C/C=C/CCCCCCCCCCCC(=O)OC(COCCC(C(=O)O)[N+](C)(C)C)COC(=O)CCCCCCCCC/C=C/C/C=C/CCCCC. The highest BCUT2D eigenvalue weighted by Gasteiger charge is 2.31. The highest BCUT2D eigenvalue weighted by Crippen LogP contribution is 2.15. The first-order valence-corrected chi connectivity index (χ1v) is 25.5. The molecular formula is C55H96NO7+. The van der Waals surface area contributed by atoms with E-state index in [0.29, 0.717) is 19.3 Å². The van der Waals surface area contributed by atoms with Crippen LogP contribution in [0.25, 0.3) is 0 Å². The number of rotatable bonds is 45. The second-order valence-electron chi connectivity index (χ2n) is 18.0. The van der Waals surface area contributed by atoms with Crippen molar-refractivity contribution >= 4 is 17.9 Å². The van der Waals surface area contributed by atoms with Crippen LogP contribution in [0.4, 0.5) is 0 Å². The molecule has 8 heteroatoms. The monoisotopic (exact) mass is 883 g/mol. The smallest absolute Gasteiger partial charge is 0.362 e. The molecule has 0 saturated heterocycles. The first-order chi connectivity index (χ1) is 30.6. The van der Waals surface area contributed by atoms with Gasteiger partial charge in [0.1, 0.15) is 6.61 Å². The fourth-order valence-electron chi connectivity index (χ4n) is 7.17. The maximum absolute atomic E-state index is 12.8. The van der Waals surface area contributed by atoms with Crippen molar-refractivity contribution in [3.8, 4) is 0 Å². The molecule has 0 spiro atoms. The van der Waals surface area contributed by atoms with Gasteiger partial charge in [0.25, 0.3) is 0 Å². The van der Waals surface area contributed by atoms with Crippen LogP contribution in [0.2, 0.25) is 0 Å². The minimum atomic E-state index is -0.878. The van der Waals surface area contributed by atoms with Gasteiger partial charge < -0.3 is 23.8 Å². The lowest BCUT2D eigenvalue weighted by molar-refractivity contribution is -0.887. The van der Waals surface area contributed by atoms with Crippen LogP contribution in [0, 0.1) is 0 Å². The number of hydrogen-bond donors (Lipinski definition) is 1. The van der Waals surface area contributed by atoms with Crippen molar-refractivity contribution in [1.82, 2.24) is 0 Å². The number of hydrogen-bond acceptors (Lipinski definition) is 6. The summed E-state index contributed by atoms with van der Waals surface area (Å²) in [6.07, 6.45) is 58.0.